The molecule has 6 nitrogen and oxygen atoms in total. The first-order chi connectivity index (χ1) is 10.6. The van der Waals surface area contributed by atoms with Gasteiger partial charge in [0.2, 0.25) is 0 Å². The van der Waals surface area contributed by atoms with Gasteiger partial charge in [0.1, 0.15) is 0 Å². The molecular weight excluding hydrogens is 286 g/mol. The summed E-state index contributed by atoms with van der Waals surface area (Å²) in [5, 5.41) is 0. The molecule has 0 atom stereocenters. The first-order valence-corrected chi connectivity index (χ1v) is 8.27. The van der Waals surface area contributed by atoms with Crippen LogP contribution in [-0.2, 0) is 23.7 Å². The summed E-state index contributed by atoms with van der Waals surface area (Å²) in [5.41, 5.74) is 5.24. The summed E-state index contributed by atoms with van der Waals surface area (Å²) in [5.74, 6) is 0. The molecule has 2 N–H and O–H groups in total. The summed E-state index contributed by atoms with van der Waals surface area (Å²) in [6.45, 7) is 12.5. The second-order valence-electron chi connectivity index (χ2n) is 5.55. The van der Waals surface area contributed by atoms with Gasteiger partial charge in [0.25, 0.3) is 0 Å². The summed E-state index contributed by atoms with van der Waals surface area (Å²) in [6.07, 6.45) is 1.88. The minimum absolute atomic E-state index is 0.0603. The average molecular weight is 321 g/mol. The lowest BCUT2D eigenvalue weighted by molar-refractivity contribution is -0.0540. The Bertz CT molecular complexity index is 227. The molecular formula is C16H35NO5. The fourth-order valence-electron chi connectivity index (χ4n) is 1.47. The highest BCUT2D eigenvalue weighted by Gasteiger charge is 2.14. The van der Waals surface area contributed by atoms with Crippen molar-refractivity contribution >= 4 is 0 Å². The smallest absolute Gasteiger partial charge is 0.0707 e. The molecule has 0 aliphatic heterocycles. The van der Waals surface area contributed by atoms with Gasteiger partial charge < -0.3 is 29.4 Å². The van der Waals surface area contributed by atoms with E-state index in [1.165, 1.54) is 0 Å². The van der Waals surface area contributed by atoms with Gasteiger partial charge in [0, 0.05) is 19.8 Å². The van der Waals surface area contributed by atoms with Crippen molar-refractivity contribution in [3.05, 3.63) is 0 Å². The molecule has 0 aromatic heterocycles. The fourth-order valence-corrected chi connectivity index (χ4v) is 1.47. The zero-order valence-corrected chi connectivity index (χ0v) is 14.6. The summed E-state index contributed by atoms with van der Waals surface area (Å²) in [6, 6.07) is 0. The van der Waals surface area contributed by atoms with Crippen molar-refractivity contribution in [3.63, 3.8) is 0 Å². The summed E-state index contributed by atoms with van der Waals surface area (Å²) < 4.78 is 27.2. The highest BCUT2D eigenvalue weighted by atomic mass is 16.6. The molecule has 0 radical (unpaired) electrons. The van der Waals surface area contributed by atoms with Gasteiger partial charge in [0.05, 0.1) is 51.8 Å². The number of hydrogen-bond donors (Lipinski definition) is 1. The molecule has 0 aromatic carbocycles. The lowest BCUT2D eigenvalue weighted by Crippen LogP contribution is -2.25. The molecule has 0 aliphatic carbocycles. The van der Waals surface area contributed by atoms with E-state index in [4.69, 9.17) is 29.4 Å². The third kappa shape index (κ3) is 16.1. The molecule has 0 heterocycles. The topological polar surface area (TPSA) is 72.2 Å². The Balaban J connectivity index is 3.06. The van der Waals surface area contributed by atoms with Crippen LogP contribution in [0.3, 0.4) is 0 Å². The van der Waals surface area contributed by atoms with Crippen LogP contribution in [0.2, 0.25) is 0 Å². The van der Waals surface area contributed by atoms with E-state index >= 15 is 0 Å². The van der Waals surface area contributed by atoms with Gasteiger partial charge in [-0.15, -0.1) is 0 Å². The van der Waals surface area contributed by atoms with Crippen LogP contribution >= 0.6 is 0 Å². The largest absolute Gasteiger partial charge is 0.379 e. The first kappa shape index (κ1) is 21.8. The molecule has 0 aliphatic rings. The monoisotopic (exact) mass is 321 g/mol. The standard InChI is InChI=1S/C16H35NO5/c1-4-16(2,3)22-15-14-21-13-11-19-8-5-7-18-10-12-20-9-6-17/h4-15,17H2,1-3H3. The second-order valence-corrected chi connectivity index (χ2v) is 5.55. The Kier molecular flexibility index (Phi) is 15.5. The summed E-state index contributed by atoms with van der Waals surface area (Å²) in [4.78, 5) is 0. The van der Waals surface area contributed by atoms with E-state index < -0.39 is 0 Å². The van der Waals surface area contributed by atoms with Crippen LogP contribution in [-0.4, -0.2) is 71.6 Å². The maximum absolute atomic E-state index is 5.69. The Hall–Kier alpha value is -0.240. The van der Waals surface area contributed by atoms with Crippen molar-refractivity contribution in [1.82, 2.24) is 0 Å². The molecule has 134 valence electrons. The fraction of sp³-hybridized carbons (Fsp3) is 1.00. The molecule has 0 bridgehead atoms. The zero-order valence-electron chi connectivity index (χ0n) is 14.6. The Morgan fingerprint density at radius 1 is 0.682 bits per heavy atom. The van der Waals surface area contributed by atoms with Crippen molar-refractivity contribution in [3.8, 4) is 0 Å². The highest BCUT2D eigenvalue weighted by molar-refractivity contribution is 4.64. The Morgan fingerprint density at radius 2 is 1.14 bits per heavy atom. The van der Waals surface area contributed by atoms with Crippen LogP contribution in [0.1, 0.15) is 33.6 Å². The minimum Gasteiger partial charge on any atom is -0.379 e. The second kappa shape index (κ2) is 15.6. The van der Waals surface area contributed by atoms with Gasteiger partial charge in [0.15, 0.2) is 0 Å². The molecule has 0 spiro atoms. The van der Waals surface area contributed by atoms with Crippen LogP contribution in [0.5, 0.6) is 0 Å². The zero-order chi connectivity index (χ0) is 16.5. The van der Waals surface area contributed by atoms with E-state index in [9.17, 15) is 0 Å². The van der Waals surface area contributed by atoms with Crippen molar-refractivity contribution < 1.29 is 23.7 Å². The van der Waals surface area contributed by atoms with Crippen molar-refractivity contribution in [2.45, 2.75) is 39.2 Å². The Labute approximate surface area is 135 Å². The third-order valence-electron chi connectivity index (χ3n) is 3.16. The van der Waals surface area contributed by atoms with E-state index in [-0.39, 0.29) is 5.60 Å². The van der Waals surface area contributed by atoms with E-state index in [2.05, 4.69) is 20.8 Å². The summed E-state index contributed by atoms with van der Waals surface area (Å²) in [7, 11) is 0. The third-order valence-corrected chi connectivity index (χ3v) is 3.16. The quantitative estimate of drug-likeness (QED) is 0.410. The van der Waals surface area contributed by atoms with E-state index in [0.29, 0.717) is 66.0 Å². The van der Waals surface area contributed by atoms with Crippen LogP contribution in [0.25, 0.3) is 0 Å². The van der Waals surface area contributed by atoms with E-state index in [0.717, 1.165) is 12.8 Å². The van der Waals surface area contributed by atoms with Crippen LogP contribution in [0.15, 0.2) is 0 Å². The van der Waals surface area contributed by atoms with E-state index in [1.54, 1.807) is 0 Å². The van der Waals surface area contributed by atoms with Crippen LogP contribution in [0.4, 0.5) is 0 Å². The molecule has 22 heavy (non-hydrogen) atoms. The summed E-state index contributed by atoms with van der Waals surface area (Å²) >= 11 is 0. The predicted molar refractivity (Wildman–Crippen MR) is 87.3 cm³/mol. The normalized spacial score (nSPS) is 12.0. The van der Waals surface area contributed by atoms with Gasteiger partial charge >= 0.3 is 0 Å². The molecule has 0 amide bonds. The maximum Gasteiger partial charge on any atom is 0.0707 e. The van der Waals surface area contributed by atoms with Gasteiger partial charge in [-0.3, -0.25) is 0 Å². The lowest BCUT2D eigenvalue weighted by atomic mass is 10.1. The Morgan fingerprint density at radius 3 is 1.64 bits per heavy atom. The SMILES string of the molecule is CCC(C)(C)OCCOCCOCCCOCCOCCN. The molecule has 0 aromatic rings. The van der Waals surface area contributed by atoms with Gasteiger partial charge in [-0.2, -0.15) is 0 Å². The maximum atomic E-state index is 5.69. The van der Waals surface area contributed by atoms with E-state index in [1.807, 2.05) is 0 Å². The molecule has 6 heteroatoms. The molecule has 0 saturated heterocycles. The predicted octanol–water partition coefficient (Wildman–Crippen LogP) is 1.61. The highest BCUT2D eigenvalue weighted by Crippen LogP contribution is 2.12. The number of nitrogens with two attached hydrogens (primary N) is 1. The molecule has 0 fully saturated rings. The molecule has 0 rings (SSSR count). The average Bonchev–Trinajstić information content (AvgIpc) is 2.51. The lowest BCUT2D eigenvalue weighted by Gasteiger charge is -2.23. The number of hydrogen-bond acceptors (Lipinski definition) is 6. The van der Waals surface area contributed by atoms with Gasteiger partial charge in [-0.25, -0.2) is 0 Å². The van der Waals surface area contributed by atoms with Gasteiger partial charge in [-0.1, -0.05) is 6.92 Å². The van der Waals surface area contributed by atoms with Crippen molar-refractivity contribution in [2.24, 2.45) is 5.73 Å². The van der Waals surface area contributed by atoms with Crippen LogP contribution < -0.4 is 5.73 Å². The van der Waals surface area contributed by atoms with Crippen LogP contribution in [0, 0.1) is 0 Å². The van der Waals surface area contributed by atoms with Crippen molar-refractivity contribution in [2.75, 3.05) is 66.0 Å². The first-order valence-electron chi connectivity index (χ1n) is 8.27. The molecule has 0 unspecified atom stereocenters. The number of ether oxygens (including phenoxy) is 5. The molecule has 0 saturated carbocycles. The van der Waals surface area contributed by atoms with Gasteiger partial charge in [-0.05, 0) is 26.7 Å². The van der Waals surface area contributed by atoms with Crippen molar-refractivity contribution in [1.29, 1.82) is 0 Å². The minimum atomic E-state index is -0.0603. The number of rotatable bonds is 17.